The van der Waals surface area contributed by atoms with Crippen molar-refractivity contribution in [2.45, 2.75) is 104 Å². The lowest BCUT2D eigenvalue weighted by Crippen LogP contribution is -2.52. The first kappa shape index (κ1) is 28.9. The van der Waals surface area contributed by atoms with E-state index in [1.165, 1.54) is 0 Å². The van der Waals surface area contributed by atoms with Crippen LogP contribution in [-0.4, -0.2) is 50.4 Å². The summed E-state index contributed by atoms with van der Waals surface area (Å²) in [4.78, 5) is 0. The van der Waals surface area contributed by atoms with Crippen molar-refractivity contribution in [2.24, 2.45) is 0 Å². The topological polar surface area (TPSA) is 36.9 Å². The van der Waals surface area contributed by atoms with Gasteiger partial charge >= 0.3 is 17.1 Å². The van der Waals surface area contributed by atoms with Crippen LogP contribution in [0.1, 0.15) is 0 Å². The first-order chi connectivity index (χ1) is 12.0. The molecule has 0 aliphatic carbocycles. The molecular formula is C18H48O4Si6. The van der Waals surface area contributed by atoms with Crippen LogP contribution >= 0.6 is 0 Å². The minimum Gasteiger partial charge on any atom is -0.436 e. The van der Waals surface area contributed by atoms with Crippen molar-refractivity contribution in [1.29, 1.82) is 0 Å². The molecule has 0 saturated carbocycles. The third kappa shape index (κ3) is 15.7. The van der Waals surface area contributed by atoms with Gasteiger partial charge in [-0.1, -0.05) is 12.2 Å². The summed E-state index contributed by atoms with van der Waals surface area (Å²) in [5, 5.41) is 0. The minimum atomic E-state index is -2.22. The number of allylic oxidation sites excluding steroid dienone is 2. The average Bonchev–Trinajstić information content (AvgIpc) is 2.24. The number of hydrogen-bond donors (Lipinski definition) is 0. The van der Waals surface area contributed by atoms with Crippen molar-refractivity contribution >= 4 is 50.4 Å². The third-order valence-corrected chi connectivity index (χ3v) is 21.9. The van der Waals surface area contributed by atoms with E-state index < -0.39 is 50.4 Å². The van der Waals surface area contributed by atoms with E-state index >= 15 is 0 Å². The van der Waals surface area contributed by atoms with Crippen molar-refractivity contribution in [3.8, 4) is 0 Å². The largest absolute Gasteiger partial charge is 0.436 e. The van der Waals surface area contributed by atoms with Gasteiger partial charge in [0.2, 0.25) is 0 Å². The molecular weight excluding hydrogens is 449 g/mol. The second-order valence-corrected chi connectivity index (χ2v) is 37.5. The van der Waals surface area contributed by atoms with E-state index in [1.54, 1.807) is 0 Å². The molecule has 28 heavy (non-hydrogen) atoms. The van der Waals surface area contributed by atoms with E-state index in [9.17, 15) is 0 Å². The minimum absolute atomic E-state index is 0.895. The Kier molecular flexibility index (Phi) is 10.3. The van der Waals surface area contributed by atoms with Crippen molar-refractivity contribution < 1.29 is 16.5 Å². The molecule has 0 aliphatic rings. The molecule has 0 aromatic heterocycles. The average molecular weight is 497 g/mol. The molecule has 0 aromatic rings. The van der Waals surface area contributed by atoms with Crippen LogP contribution in [0.4, 0.5) is 0 Å². The van der Waals surface area contributed by atoms with Crippen molar-refractivity contribution in [2.75, 3.05) is 0 Å². The van der Waals surface area contributed by atoms with Gasteiger partial charge in [-0.15, -0.1) is 0 Å². The zero-order chi connectivity index (χ0) is 22.7. The Morgan fingerprint density at radius 3 is 0.714 bits per heavy atom. The van der Waals surface area contributed by atoms with Gasteiger partial charge in [-0.05, 0) is 91.7 Å². The summed E-state index contributed by atoms with van der Waals surface area (Å²) >= 11 is 0. The van der Waals surface area contributed by atoms with E-state index in [0.717, 1.165) is 12.1 Å². The molecule has 10 heteroatoms. The zero-order valence-corrected chi connectivity index (χ0v) is 27.2. The highest BCUT2D eigenvalue weighted by Crippen LogP contribution is 2.27. The van der Waals surface area contributed by atoms with Gasteiger partial charge in [0.1, 0.15) is 0 Å². The standard InChI is InChI=1S/C18H48O4Si6/c1-23(2,3)19-27(13,20-24(4,5)6)17-15-16-18-28(14,21-25(7,8)9)22-26(10,11)12/h15-16H,17-18H2,1-14H3/b16-15-. The molecule has 0 spiro atoms. The summed E-state index contributed by atoms with van der Waals surface area (Å²) in [6.07, 6.45) is 4.55. The second kappa shape index (κ2) is 10.0. The highest BCUT2D eigenvalue weighted by atomic mass is 28.5. The molecule has 0 fully saturated rings. The van der Waals surface area contributed by atoms with Gasteiger partial charge in [0.25, 0.3) is 0 Å². The van der Waals surface area contributed by atoms with E-state index in [0.29, 0.717) is 0 Å². The van der Waals surface area contributed by atoms with Crippen LogP contribution in [0.5, 0.6) is 0 Å². The van der Waals surface area contributed by atoms with Gasteiger partial charge in [-0.3, -0.25) is 0 Å². The van der Waals surface area contributed by atoms with E-state index in [-0.39, 0.29) is 0 Å². The lowest BCUT2D eigenvalue weighted by molar-refractivity contribution is 0.386. The maximum Gasteiger partial charge on any atom is 0.318 e. The normalized spacial score (nSPS) is 15.5. The number of hydrogen-bond acceptors (Lipinski definition) is 4. The van der Waals surface area contributed by atoms with Gasteiger partial charge in [0.05, 0.1) is 0 Å². The Bertz CT molecular complexity index is 434. The van der Waals surface area contributed by atoms with Gasteiger partial charge in [0, 0.05) is 12.1 Å². The van der Waals surface area contributed by atoms with E-state index in [1.807, 2.05) is 0 Å². The Hall–Kier alpha value is 0.881. The van der Waals surface area contributed by atoms with Crippen LogP contribution in [0.25, 0.3) is 0 Å². The summed E-state index contributed by atoms with van der Waals surface area (Å²) in [5.74, 6) is 0. The molecule has 0 aromatic carbocycles. The molecule has 0 unspecified atom stereocenters. The lowest BCUT2D eigenvalue weighted by atomic mass is 10.6. The summed E-state index contributed by atoms with van der Waals surface area (Å²) in [6.45, 7) is 31.5. The zero-order valence-electron chi connectivity index (χ0n) is 21.2. The van der Waals surface area contributed by atoms with Crippen LogP contribution < -0.4 is 0 Å². The Labute approximate surface area is 182 Å². The molecule has 0 N–H and O–H groups in total. The molecule has 0 rings (SSSR count). The molecule has 0 saturated heterocycles. The van der Waals surface area contributed by atoms with Crippen LogP contribution in [0.2, 0.25) is 104 Å². The Balaban J connectivity index is 5.31. The first-order valence-electron chi connectivity index (χ1n) is 10.5. The smallest absolute Gasteiger partial charge is 0.318 e. The van der Waals surface area contributed by atoms with Crippen LogP contribution in [0, 0.1) is 0 Å². The second-order valence-electron chi connectivity index (χ2n) is 12.0. The molecule has 0 radical (unpaired) electrons. The van der Waals surface area contributed by atoms with Crippen molar-refractivity contribution in [1.82, 2.24) is 0 Å². The van der Waals surface area contributed by atoms with Gasteiger partial charge in [-0.25, -0.2) is 0 Å². The van der Waals surface area contributed by atoms with Crippen molar-refractivity contribution in [3.05, 3.63) is 12.2 Å². The quantitative estimate of drug-likeness (QED) is 0.213. The fourth-order valence-corrected chi connectivity index (χ4v) is 27.7. The van der Waals surface area contributed by atoms with Gasteiger partial charge < -0.3 is 16.5 Å². The molecule has 168 valence electrons. The van der Waals surface area contributed by atoms with Crippen LogP contribution in [0.15, 0.2) is 12.2 Å². The highest BCUT2D eigenvalue weighted by Gasteiger charge is 2.41. The summed E-state index contributed by atoms with van der Waals surface area (Å²) < 4.78 is 26.4. The molecule has 0 bridgehead atoms. The maximum atomic E-state index is 6.60. The molecule has 0 amide bonds. The van der Waals surface area contributed by atoms with E-state index in [2.05, 4.69) is 104 Å². The lowest BCUT2D eigenvalue weighted by Gasteiger charge is -2.38. The number of rotatable bonds is 12. The third-order valence-electron chi connectivity index (χ3n) is 3.23. The molecule has 0 atom stereocenters. The van der Waals surface area contributed by atoms with Crippen molar-refractivity contribution in [3.63, 3.8) is 0 Å². The SMILES string of the molecule is C[Si](C)(C)O[Si](C)(C/C=C\C[Si](C)(O[Si](C)(C)C)O[Si](C)(C)C)O[Si](C)(C)C. The molecule has 0 aliphatic heterocycles. The van der Waals surface area contributed by atoms with Crippen LogP contribution in [0.3, 0.4) is 0 Å². The molecule has 0 heterocycles. The Morgan fingerprint density at radius 2 is 0.571 bits per heavy atom. The van der Waals surface area contributed by atoms with Gasteiger partial charge in [0.15, 0.2) is 33.3 Å². The molecule has 4 nitrogen and oxygen atoms in total. The fraction of sp³-hybridized carbons (Fsp3) is 0.889. The predicted molar refractivity (Wildman–Crippen MR) is 140 cm³/mol. The summed E-state index contributed by atoms with van der Waals surface area (Å²) in [5.41, 5.74) is 0. The van der Waals surface area contributed by atoms with E-state index in [4.69, 9.17) is 16.5 Å². The monoisotopic (exact) mass is 496 g/mol. The maximum absolute atomic E-state index is 6.60. The van der Waals surface area contributed by atoms with Gasteiger partial charge in [-0.2, -0.15) is 0 Å². The summed E-state index contributed by atoms with van der Waals surface area (Å²) in [7, 11) is -11.1. The van der Waals surface area contributed by atoms with Crippen LogP contribution in [-0.2, 0) is 16.5 Å². The summed E-state index contributed by atoms with van der Waals surface area (Å²) in [6, 6.07) is 1.79. The first-order valence-corrected chi connectivity index (χ1v) is 29.2. The Morgan fingerprint density at radius 1 is 0.393 bits per heavy atom. The predicted octanol–water partition coefficient (Wildman–Crippen LogP) is 7.09. The highest BCUT2D eigenvalue weighted by molar-refractivity contribution is 6.88. The fourth-order valence-electron chi connectivity index (χ4n) is 3.39.